The van der Waals surface area contributed by atoms with Gasteiger partial charge in [0.05, 0.1) is 0 Å². The number of benzene rings is 3. The van der Waals surface area contributed by atoms with Crippen LogP contribution >= 0.6 is 0 Å². The fourth-order valence-corrected chi connectivity index (χ4v) is 3.76. The van der Waals surface area contributed by atoms with Gasteiger partial charge in [0.15, 0.2) is 12.2 Å². The monoisotopic (exact) mass is 460 g/mol. The highest BCUT2D eigenvalue weighted by atomic mass is 16.3. The van der Waals surface area contributed by atoms with Gasteiger partial charge in [-0.3, -0.25) is 9.59 Å². The van der Waals surface area contributed by atoms with Gasteiger partial charge in [0.25, 0.3) is 11.8 Å². The van der Waals surface area contributed by atoms with Crippen molar-refractivity contribution in [1.29, 1.82) is 0 Å². The van der Waals surface area contributed by atoms with Crippen molar-refractivity contribution in [2.45, 2.75) is 38.5 Å². The number of aryl methyl sites for hydroxylation is 1. The molecule has 0 aromatic heterocycles. The number of aliphatic hydroxyl groups is 2. The van der Waals surface area contributed by atoms with E-state index in [0.717, 1.165) is 23.1 Å². The molecule has 0 fully saturated rings. The molecule has 2 amide bonds. The summed E-state index contributed by atoms with van der Waals surface area (Å²) in [6, 6.07) is 25.7. The van der Waals surface area contributed by atoms with E-state index in [2.05, 4.69) is 24.4 Å². The molecule has 0 saturated heterocycles. The van der Waals surface area contributed by atoms with Crippen LogP contribution in [-0.4, -0.2) is 52.7 Å². The largest absolute Gasteiger partial charge is 0.380 e. The third-order valence-electron chi connectivity index (χ3n) is 5.91. The summed E-state index contributed by atoms with van der Waals surface area (Å²) < 4.78 is 0. The van der Waals surface area contributed by atoms with E-state index < -0.39 is 24.0 Å². The SMILES string of the molecule is CCc1ccccc1-c1ccc(CNC(=O)[C@H](O)[C@@H](O)C(=O)N(C)CCc2ccccc2)cc1. The van der Waals surface area contributed by atoms with E-state index in [1.807, 2.05) is 66.7 Å². The molecule has 34 heavy (non-hydrogen) atoms. The quantitative estimate of drug-likeness (QED) is 0.434. The van der Waals surface area contributed by atoms with Crippen LogP contribution in [0.4, 0.5) is 0 Å². The van der Waals surface area contributed by atoms with Crippen molar-refractivity contribution >= 4 is 11.8 Å². The van der Waals surface area contributed by atoms with Crippen LogP contribution in [0.25, 0.3) is 11.1 Å². The summed E-state index contributed by atoms with van der Waals surface area (Å²) in [5, 5.41) is 23.0. The van der Waals surface area contributed by atoms with Crippen LogP contribution in [0.5, 0.6) is 0 Å². The highest BCUT2D eigenvalue weighted by Gasteiger charge is 2.32. The zero-order valence-electron chi connectivity index (χ0n) is 19.6. The molecule has 0 aliphatic rings. The Hall–Kier alpha value is -3.48. The molecule has 178 valence electrons. The lowest BCUT2D eigenvalue weighted by Crippen LogP contribution is -2.50. The molecule has 3 rings (SSSR count). The summed E-state index contributed by atoms with van der Waals surface area (Å²) in [6.45, 7) is 2.66. The Morgan fingerprint density at radius 3 is 2.18 bits per heavy atom. The van der Waals surface area contributed by atoms with Crippen LogP contribution in [0.2, 0.25) is 0 Å². The lowest BCUT2D eigenvalue weighted by Gasteiger charge is -2.23. The average molecular weight is 461 g/mol. The number of rotatable bonds is 10. The molecule has 0 radical (unpaired) electrons. The molecular formula is C28H32N2O4. The first-order valence-electron chi connectivity index (χ1n) is 11.5. The second-order valence-corrected chi connectivity index (χ2v) is 8.31. The van der Waals surface area contributed by atoms with Crippen LogP contribution < -0.4 is 5.32 Å². The van der Waals surface area contributed by atoms with Gasteiger partial charge in [-0.1, -0.05) is 85.8 Å². The van der Waals surface area contributed by atoms with E-state index in [1.165, 1.54) is 23.1 Å². The standard InChI is InChI=1S/C28H32N2O4/c1-3-22-11-7-8-12-24(22)23-15-13-21(14-16-23)19-29-27(33)25(31)26(32)28(34)30(2)18-17-20-9-5-4-6-10-20/h4-16,25-26,31-32H,3,17-19H2,1-2H3,(H,29,33)/t25-,26-/m1/s1. The van der Waals surface area contributed by atoms with Gasteiger partial charge in [-0.05, 0) is 40.7 Å². The lowest BCUT2D eigenvalue weighted by molar-refractivity contribution is -0.152. The molecule has 0 unspecified atom stereocenters. The van der Waals surface area contributed by atoms with E-state index in [4.69, 9.17) is 0 Å². The fraction of sp³-hybridized carbons (Fsp3) is 0.286. The topological polar surface area (TPSA) is 89.9 Å². The van der Waals surface area contributed by atoms with Crippen molar-refractivity contribution in [2.75, 3.05) is 13.6 Å². The van der Waals surface area contributed by atoms with E-state index >= 15 is 0 Å². The first-order valence-corrected chi connectivity index (χ1v) is 11.5. The van der Waals surface area contributed by atoms with E-state index in [9.17, 15) is 19.8 Å². The number of carbonyl (C=O) groups is 2. The predicted octanol–water partition coefficient (Wildman–Crippen LogP) is 2.96. The zero-order chi connectivity index (χ0) is 24.5. The number of amides is 2. The van der Waals surface area contributed by atoms with Gasteiger partial charge in [-0.25, -0.2) is 0 Å². The van der Waals surface area contributed by atoms with Crippen molar-refractivity contribution in [1.82, 2.24) is 10.2 Å². The van der Waals surface area contributed by atoms with Crippen LogP contribution in [0.3, 0.4) is 0 Å². The maximum absolute atomic E-state index is 12.4. The van der Waals surface area contributed by atoms with Gasteiger partial charge in [-0.15, -0.1) is 0 Å². The fourth-order valence-electron chi connectivity index (χ4n) is 3.76. The average Bonchev–Trinajstić information content (AvgIpc) is 2.89. The normalized spacial score (nSPS) is 12.6. The third kappa shape index (κ3) is 6.53. The predicted molar refractivity (Wildman–Crippen MR) is 133 cm³/mol. The van der Waals surface area contributed by atoms with Crippen LogP contribution in [0.15, 0.2) is 78.9 Å². The van der Waals surface area contributed by atoms with Crippen LogP contribution in [0.1, 0.15) is 23.6 Å². The minimum Gasteiger partial charge on any atom is -0.380 e. The maximum atomic E-state index is 12.4. The van der Waals surface area contributed by atoms with Gasteiger partial charge in [0.1, 0.15) is 0 Å². The molecule has 2 atom stereocenters. The number of nitrogens with one attached hydrogen (secondary N) is 1. The van der Waals surface area contributed by atoms with E-state index in [-0.39, 0.29) is 6.54 Å². The Labute approximate surface area is 200 Å². The molecule has 3 N–H and O–H groups in total. The zero-order valence-corrected chi connectivity index (χ0v) is 19.6. The first-order chi connectivity index (χ1) is 16.4. The molecule has 0 heterocycles. The molecule has 0 saturated carbocycles. The molecule has 0 bridgehead atoms. The van der Waals surface area contributed by atoms with Crippen molar-refractivity contribution in [3.05, 3.63) is 95.6 Å². The highest BCUT2D eigenvalue weighted by molar-refractivity contribution is 5.90. The number of aliphatic hydroxyl groups excluding tert-OH is 2. The Balaban J connectivity index is 1.51. The molecule has 0 aliphatic carbocycles. The van der Waals surface area contributed by atoms with E-state index in [0.29, 0.717) is 13.0 Å². The molecule has 0 spiro atoms. The smallest absolute Gasteiger partial charge is 0.254 e. The molecule has 3 aromatic rings. The van der Waals surface area contributed by atoms with Crippen molar-refractivity contribution in [2.24, 2.45) is 0 Å². The number of nitrogens with zero attached hydrogens (tertiary/aromatic N) is 1. The summed E-state index contributed by atoms with van der Waals surface area (Å²) in [7, 11) is 1.54. The lowest BCUT2D eigenvalue weighted by atomic mass is 9.97. The van der Waals surface area contributed by atoms with Crippen molar-refractivity contribution < 1.29 is 19.8 Å². The van der Waals surface area contributed by atoms with Gasteiger partial charge >= 0.3 is 0 Å². The summed E-state index contributed by atoms with van der Waals surface area (Å²) in [5.41, 5.74) is 5.43. The highest BCUT2D eigenvalue weighted by Crippen LogP contribution is 2.24. The van der Waals surface area contributed by atoms with Crippen LogP contribution in [0, 0.1) is 0 Å². The Bertz CT molecular complexity index is 1080. The van der Waals surface area contributed by atoms with Gasteiger partial charge in [0, 0.05) is 20.1 Å². The third-order valence-corrected chi connectivity index (χ3v) is 5.91. The second kappa shape index (κ2) is 12.1. The van der Waals surface area contributed by atoms with Crippen molar-refractivity contribution in [3.63, 3.8) is 0 Å². The summed E-state index contributed by atoms with van der Waals surface area (Å²) >= 11 is 0. The molecule has 0 aliphatic heterocycles. The molecular weight excluding hydrogens is 428 g/mol. The molecule has 3 aromatic carbocycles. The van der Waals surface area contributed by atoms with Gasteiger partial charge in [0.2, 0.25) is 0 Å². The Morgan fingerprint density at radius 1 is 0.853 bits per heavy atom. The number of likely N-dealkylation sites (N-methyl/N-ethyl adjacent to an activating group) is 1. The van der Waals surface area contributed by atoms with Gasteiger partial charge in [-0.2, -0.15) is 0 Å². The first kappa shape index (κ1) is 25.1. The summed E-state index contributed by atoms with van der Waals surface area (Å²) in [5.74, 6) is -1.49. The summed E-state index contributed by atoms with van der Waals surface area (Å²) in [4.78, 5) is 26.1. The van der Waals surface area contributed by atoms with Gasteiger partial charge < -0.3 is 20.4 Å². The van der Waals surface area contributed by atoms with E-state index in [1.54, 1.807) is 0 Å². The second-order valence-electron chi connectivity index (χ2n) is 8.31. The Morgan fingerprint density at radius 2 is 1.50 bits per heavy atom. The minimum absolute atomic E-state index is 0.177. The van der Waals surface area contributed by atoms with Crippen LogP contribution in [-0.2, 0) is 29.0 Å². The number of carbonyl (C=O) groups excluding carboxylic acids is 2. The maximum Gasteiger partial charge on any atom is 0.254 e. The molecule has 6 nitrogen and oxygen atoms in total. The Kier molecular flexibility index (Phi) is 8.96. The number of hydrogen-bond acceptors (Lipinski definition) is 4. The number of hydrogen-bond donors (Lipinski definition) is 3. The summed E-state index contributed by atoms with van der Waals surface area (Å²) in [6.07, 6.45) is -2.12. The molecule has 6 heteroatoms. The van der Waals surface area contributed by atoms with Crippen molar-refractivity contribution in [3.8, 4) is 11.1 Å². The minimum atomic E-state index is -1.85.